The van der Waals surface area contributed by atoms with Crippen molar-refractivity contribution in [2.24, 2.45) is 0 Å². The van der Waals surface area contributed by atoms with Crippen LogP contribution in [0, 0.1) is 0 Å². The molecule has 1 heterocycles. The average molecular weight is 198 g/mol. The summed E-state index contributed by atoms with van der Waals surface area (Å²) in [5, 5.41) is 0. The van der Waals surface area contributed by atoms with E-state index in [9.17, 15) is 4.79 Å². The number of imidazole rings is 1. The standard InChI is InChI=1S/C10H18N2O2/c1-3-5-11-6-7-12(10(11)13)8-9-14-4-2/h6-7H,3-5,8-9H2,1-2H3. The molecule has 0 saturated heterocycles. The number of nitrogens with zero attached hydrogens (tertiary/aromatic N) is 2. The molecule has 0 aliphatic carbocycles. The molecule has 0 amide bonds. The summed E-state index contributed by atoms with van der Waals surface area (Å²) in [6.45, 7) is 6.75. The minimum atomic E-state index is 0.0616. The Morgan fingerprint density at radius 3 is 2.43 bits per heavy atom. The van der Waals surface area contributed by atoms with Crippen molar-refractivity contribution in [1.29, 1.82) is 0 Å². The SMILES string of the molecule is CCCn1ccn(CCOCC)c1=O. The molecule has 0 radical (unpaired) electrons. The van der Waals surface area contributed by atoms with Crippen LogP contribution in [-0.4, -0.2) is 22.3 Å². The smallest absolute Gasteiger partial charge is 0.328 e. The molecule has 0 aliphatic rings. The fourth-order valence-corrected chi connectivity index (χ4v) is 1.34. The summed E-state index contributed by atoms with van der Waals surface area (Å²) in [6, 6.07) is 0. The lowest BCUT2D eigenvalue weighted by Gasteiger charge is -2.01. The third-order valence-corrected chi connectivity index (χ3v) is 2.06. The predicted molar refractivity (Wildman–Crippen MR) is 55.5 cm³/mol. The summed E-state index contributed by atoms with van der Waals surface area (Å²) >= 11 is 0. The Bertz CT molecular complexity index is 314. The molecule has 0 bridgehead atoms. The van der Waals surface area contributed by atoms with Crippen molar-refractivity contribution < 1.29 is 4.74 Å². The van der Waals surface area contributed by atoms with E-state index in [2.05, 4.69) is 6.92 Å². The van der Waals surface area contributed by atoms with Crippen LogP contribution in [0.25, 0.3) is 0 Å². The summed E-state index contributed by atoms with van der Waals surface area (Å²) in [6.07, 6.45) is 4.63. The molecule has 0 atom stereocenters. The van der Waals surface area contributed by atoms with Crippen molar-refractivity contribution >= 4 is 0 Å². The van der Waals surface area contributed by atoms with Gasteiger partial charge in [0.2, 0.25) is 0 Å². The van der Waals surface area contributed by atoms with E-state index >= 15 is 0 Å². The summed E-state index contributed by atoms with van der Waals surface area (Å²) < 4.78 is 8.61. The zero-order valence-corrected chi connectivity index (χ0v) is 8.90. The van der Waals surface area contributed by atoms with E-state index in [1.807, 2.05) is 19.3 Å². The quantitative estimate of drug-likeness (QED) is 0.642. The number of ether oxygens (including phenoxy) is 1. The van der Waals surface area contributed by atoms with Crippen LogP contribution >= 0.6 is 0 Å². The minimum absolute atomic E-state index is 0.0616. The van der Waals surface area contributed by atoms with Gasteiger partial charge in [0.1, 0.15) is 0 Å². The molecule has 0 aromatic carbocycles. The second-order valence-corrected chi connectivity index (χ2v) is 3.16. The molecule has 4 nitrogen and oxygen atoms in total. The third-order valence-electron chi connectivity index (χ3n) is 2.06. The zero-order valence-electron chi connectivity index (χ0n) is 8.90. The topological polar surface area (TPSA) is 36.2 Å². The summed E-state index contributed by atoms with van der Waals surface area (Å²) in [4.78, 5) is 11.6. The van der Waals surface area contributed by atoms with Gasteiger partial charge in [-0.2, -0.15) is 0 Å². The van der Waals surface area contributed by atoms with Crippen molar-refractivity contribution in [2.75, 3.05) is 13.2 Å². The molecule has 0 saturated carbocycles. The van der Waals surface area contributed by atoms with Crippen molar-refractivity contribution in [1.82, 2.24) is 9.13 Å². The maximum absolute atomic E-state index is 11.6. The van der Waals surface area contributed by atoms with Gasteiger partial charge >= 0.3 is 5.69 Å². The Hall–Kier alpha value is -1.03. The Morgan fingerprint density at radius 2 is 1.86 bits per heavy atom. The Balaban J connectivity index is 2.56. The second kappa shape index (κ2) is 5.65. The summed E-state index contributed by atoms with van der Waals surface area (Å²) in [7, 11) is 0. The van der Waals surface area contributed by atoms with Gasteiger partial charge in [0.25, 0.3) is 0 Å². The van der Waals surface area contributed by atoms with Gasteiger partial charge in [-0.15, -0.1) is 0 Å². The van der Waals surface area contributed by atoms with Crippen molar-refractivity contribution in [2.45, 2.75) is 33.4 Å². The molecule has 0 aliphatic heterocycles. The van der Waals surface area contributed by atoms with E-state index in [1.54, 1.807) is 9.13 Å². The highest BCUT2D eigenvalue weighted by Crippen LogP contribution is 1.88. The maximum atomic E-state index is 11.6. The van der Waals surface area contributed by atoms with Crippen LogP contribution in [0.4, 0.5) is 0 Å². The lowest BCUT2D eigenvalue weighted by atomic mass is 10.5. The largest absolute Gasteiger partial charge is 0.380 e. The van der Waals surface area contributed by atoms with Gasteiger partial charge in [0, 0.05) is 25.5 Å². The molecule has 1 aromatic rings. The molecule has 1 aromatic heterocycles. The minimum Gasteiger partial charge on any atom is -0.380 e. The summed E-state index contributed by atoms with van der Waals surface area (Å²) in [5.74, 6) is 0. The van der Waals surface area contributed by atoms with Gasteiger partial charge in [0.15, 0.2) is 0 Å². The predicted octanol–water partition coefficient (Wildman–Crippen LogP) is 1.10. The highest BCUT2D eigenvalue weighted by atomic mass is 16.5. The van der Waals surface area contributed by atoms with Crippen LogP contribution in [0.2, 0.25) is 0 Å². The van der Waals surface area contributed by atoms with Crippen LogP contribution in [-0.2, 0) is 17.8 Å². The Kier molecular flexibility index (Phi) is 4.46. The summed E-state index contributed by atoms with van der Waals surface area (Å²) in [5.41, 5.74) is 0.0616. The highest BCUT2D eigenvalue weighted by molar-refractivity contribution is 4.81. The van der Waals surface area contributed by atoms with Crippen LogP contribution in [0.1, 0.15) is 20.3 Å². The van der Waals surface area contributed by atoms with E-state index in [1.165, 1.54) is 0 Å². The second-order valence-electron chi connectivity index (χ2n) is 3.16. The lowest BCUT2D eigenvalue weighted by Crippen LogP contribution is -2.25. The molecule has 4 heteroatoms. The molecule has 0 spiro atoms. The van der Waals surface area contributed by atoms with E-state index in [0.717, 1.165) is 13.0 Å². The Labute approximate surface area is 84.1 Å². The van der Waals surface area contributed by atoms with E-state index < -0.39 is 0 Å². The van der Waals surface area contributed by atoms with Crippen molar-refractivity contribution in [3.8, 4) is 0 Å². The molecule has 80 valence electrons. The first kappa shape index (κ1) is 11.0. The normalized spacial score (nSPS) is 10.7. The monoisotopic (exact) mass is 198 g/mol. The average Bonchev–Trinajstić information content (AvgIpc) is 2.51. The first-order valence-electron chi connectivity index (χ1n) is 5.13. The van der Waals surface area contributed by atoms with Gasteiger partial charge in [-0.3, -0.25) is 9.13 Å². The van der Waals surface area contributed by atoms with Gasteiger partial charge in [0.05, 0.1) is 13.2 Å². The van der Waals surface area contributed by atoms with Crippen LogP contribution in [0.3, 0.4) is 0 Å². The fourth-order valence-electron chi connectivity index (χ4n) is 1.34. The molecule has 0 N–H and O–H groups in total. The first-order chi connectivity index (χ1) is 6.79. The molecular weight excluding hydrogens is 180 g/mol. The Morgan fingerprint density at radius 1 is 1.21 bits per heavy atom. The van der Waals surface area contributed by atoms with Crippen LogP contribution in [0.15, 0.2) is 17.2 Å². The molecule has 1 rings (SSSR count). The molecular formula is C10H18N2O2. The molecule has 0 unspecified atom stereocenters. The van der Waals surface area contributed by atoms with E-state index in [-0.39, 0.29) is 5.69 Å². The van der Waals surface area contributed by atoms with Gasteiger partial charge in [-0.25, -0.2) is 4.79 Å². The van der Waals surface area contributed by atoms with E-state index in [4.69, 9.17) is 4.74 Å². The van der Waals surface area contributed by atoms with Crippen molar-refractivity contribution in [3.63, 3.8) is 0 Å². The molecule has 14 heavy (non-hydrogen) atoms. The maximum Gasteiger partial charge on any atom is 0.328 e. The first-order valence-corrected chi connectivity index (χ1v) is 5.13. The van der Waals surface area contributed by atoms with Gasteiger partial charge < -0.3 is 4.74 Å². The van der Waals surface area contributed by atoms with Crippen molar-refractivity contribution in [3.05, 3.63) is 22.9 Å². The number of aromatic nitrogens is 2. The number of rotatable bonds is 6. The van der Waals surface area contributed by atoms with Crippen LogP contribution in [0.5, 0.6) is 0 Å². The lowest BCUT2D eigenvalue weighted by molar-refractivity contribution is 0.138. The number of hydrogen-bond donors (Lipinski definition) is 0. The fraction of sp³-hybridized carbons (Fsp3) is 0.700. The highest BCUT2D eigenvalue weighted by Gasteiger charge is 2.00. The number of aryl methyl sites for hydroxylation is 1. The zero-order chi connectivity index (χ0) is 10.4. The third kappa shape index (κ3) is 2.73. The van der Waals surface area contributed by atoms with Crippen LogP contribution < -0.4 is 5.69 Å². The van der Waals surface area contributed by atoms with Gasteiger partial charge in [-0.05, 0) is 13.3 Å². The van der Waals surface area contributed by atoms with Gasteiger partial charge in [-0.1, -0.05) is 6.92 Å². The molecule has 0 fully saturated rings. The number of hydrogen-bond acceptors (Lipinski definition) is 2. The van der Waals surface area contributed by atoms with E-state index in [0.29, 0.717) is 19.8 Å².